The molecule has 0 spiro atoms. The maximum atomic E-state index is 13.2. The molecule has 0 aliphatic carbocycles. The van der Waals surface area contributed by atoms with Crippen LogP contribution in [0.3, 0.4) is 0 Å². The van der Waals surface area contributed by atoms with E-state index in [1.807, 2.05) is 43.9 Å². The Morgan fingerprint density at radius 3 is 2.30 bits per heavy atom. The van der Waals surface area contributed by atoms with Gasteiger partial charge < -0.3 is 9.80 Å². The van der Waals surface area contributed by atoms with E-state index in [0.717, 1.165) is 55.1 Å². The van der Waals surface area contributed by atoms with E-state index >= 15 is 0 Å². The molecular weight excluding hydrogens is 464 g/mol. The van der Waals surface area contributed by atoms with E-state index in [0.29, 0.717) is 6.54 Å². The summed E-state index contributed by atoms with van der Waals surface area (Å²) in [5.74, 6) is -0.345. The van der Waals surface area contributed by atoms with Crippen molar-refractivity contribution in [2.45, 2.75) is 47.1 Å². The molecule has 1 aliphatic rings. The van der Waals surface area contributed by atoms with Crippen molar-refractivity contribution in [1.82, 2.24) is 19.7 Å². The topological polar surface area (TPSA) is 74.6 Å². The van der Waals surface area contributed by atoms with Crippen LogP contribution >= 0.6 is 0 Å². The lowest BCUT2D eigenvalue weighted by molar-refractivity contribution is -0.137. The first-order valence-corrected chi connectivity index (χ1v) is 13.0. The van der Waals surface area contributed by atoms with E-state index in [1.165, 1.54) is 11.3 Å². The molecule has 8 nitrogen and oxygen atoms in total. The molecule has 3 aromatic rings. The Bertz CT molecular complexity index is 1270. The van der Waals surface area contributed by atoms with Crippen LogP contribution < -0.4 is 9.80 Å². The zero-order valence-electron chi connectivity index (χ0n) is 22.9. The van der Waals surface area contributed by atoms with Crippen molar-refractivity contribution in [1.29, 1.82) is 0 Å². The third kappa shape index (κ3) is 5.59. The molecule has 3 heterocycles. The molecule has 4 rings (SSSR count). The number of hydrogen-bond donors (Lipinski definition) is 0. The van der Waals surface area contributed by atoms with Crippen molar-refractivity contribution in [2.24, 2.45) is 12.5 Å². The van der Waals surface area contributed by atoms with E-state index in [-0.39, 0.29) is 11.8 Å². The number of anilines is 2. The molecule has 37 heavy (non-hydrogen) atoms. The number of aryl methyl sites for hydroxylation is 2. The number of fused-ring (bicyclic) bond motifs is 1. The van der Waals surface area contributed by atoms with Gasteiger partial charge in [0.2, 0.25) is 11.8 Å². The largest absolute Gasteiger partial charge is 0.313 e. The molecule has 0 saturated carbocycles. The summed E-state index contributed by atoms with van der Waals surface area (Å²) in [6, 6.07) is 12.4. The maximum Gasteiger partial charge on any atom is 0.242 e. The Labute approximate surface area is 219 Å². The zero-order chi connectivity index (χ0) is 26.7. The van der Waals surface area contributed by atoms with Gasteiger partial charge in [-0.15, -0.1) is 0 Å². The summed E-state index contributed by atoms with van der Waals surface area (Å²) in [7, 11) is 3.76. The second kappa shape index (κ2) is 10.8. The van der Waals surface area contributed by atoms with Crippen molar-refractivity contribution in [2.75, 3.05) is 36.5 Å². The molecule has 8 heteroatoms. The molecule has 2 aromatic heterocycles. The van der Waals surface area contributed by atoms with Crippen LogP contribution in [0.1, 0.15) is 43.3 Å². The van der Waals surface area contributed by atoms with Crippen molar-refractivity contribution in [3.05, 3.63) is 71.3 Å². The average Bonchev–Trinajstić information content (AvgIpc) is 3.19. The number of aromatic nitrogens is 3. The quantitative estimate of drug-likeness (QED) is 0.417. The monoisotopic (exact) mass is 502 g/mol. The molecule has 196 valence electrons. The maximum absolute atomic E-state index is 13.2. The van der Waals surface area contributed by atoms with Gasteiger partial charge in [-0.3, -0.25) is 24.2 Å². The van der Waals surface area contributed by atoms with Crippen molar-refractivity contribution >= 4 is 23.2 Å². The minimum Gasteiger partial charge on any atom is -0.313 e. The minimum absolute atomic E-state index is 0.161. The number of hydrogen-bond acceptors (Lipinski definition) is 5. The molecule has 1 aliphatic heterocycles. The van der Waals surface area contributed by atoms with Gasteiger partial charge in [-0.1, -0.05) is 12.1 Å². The Morgan fingerprint density at radius 1 is 0.946 bits per heavy atom. The smallest absolute Gasteiger partial charge is 0.242 e. The molecule has 0 atom stereocenters. The standard InChI is InChI=1S/C29H38N6O2/c1-7-35-25-11-10-22(18-26(25)32(5)27(36)29(3,4)28(35)37)12-15-34(16-13-23-9-8-14-30-19-23)20-24-17-21(2)31-33(24)6/h8-11,14,17-19H,7,12-13,15-16,20H2,1-6H3. The SMILES string of the molecule is CCN1C(=O)C(C)(C)C(=O)N(C)c2cc(CCN(CCc3cccnc3)Cc3cc(C)nn3C)ccc21. The van der Waals surface area contributed by atoms with Crippen LogP contribution in [0.15, 0.2) is 48.8 Å². The summed E-state index contributed by atoms with van der Waals surface area (Å²) >= 11 is 0. The zero-order valence-corrected chi connectivity index (χ0v) is 22.9. The molecule has 1 aromatic carbocycles. The summed E-state index contributed by atoms with van der Waals surface area (Å²) in [5, 5.41) is 4.52. The molecule has 0 N–H and O–H groups in total. The first kappa shape index (κ1) is 26.5. The Kier molecular flexibility index (Phi) is 7.78. The van der Waals surface area contributed by atoms with Crippen molar-refractivity contribution < 1.29 is 9.59 Å². The summed E-state index contributed by atoms with van der Waals surface area (Å²) in [4.78, 5) is 36.4. The first-order valence-electron chi connectivity index (χ1n) is 13.0. The van der Waals surface area contributed by atoms with E-state index < -0.39 is 5.41 Å². The second-order valence-electron chi connectivity index (χ2n) is 10.4. The average molecular weight is 503 g/mol. The molecular formula is C29H38N6O2. The van der Waals surface area contributed by atoms with Gasteiger partial charge in [0.1, 0.15) is 5.41 Å². The molecule has 0 unspecified atom stereocenters. The van der Waals surface area contributed by atoms with Crippen LogP contribution in [0.25, 0.3) is 0 Å². The fourth-order valence-corrected chi connectivity index (χ4v) is 5.03. The summed E-state index contributed by atoms with van der Waals surface area (Å²) in [6.07, 6.45) is 5.46. The number of rotatable bonds is 9. The molecule has 0 fully saturated rings. The highest BCUT2D eigenvalue weighted by atomic mass is 16.2. The van der Waals surface area contributed by atoms with Crippen LogP contribution in [0.5, 0.6) is 0 Å². The van der Waals surface area contributed by atoms with Gasteiger partial charge >= 0.3 is 0 Å². The fraction of sp³-hybridized carbons (Fsp3) is 0.448. The predicted molar refractivity (Wildman–Crippen MR) is 147 cm³/mol. The highest BCUT2D eigenvalue weighted by molar-refractivity contribution is 6.19. The number of nitrogens with zero attached hydrogens (tertiary/aromatic N) is 6. The van der Waals surface area contributed by atoms with Gasteiger partial charge in [-0.25, -0.2) is 0 Å². The molecule has 0 saturated heterocycles. The normalized spacial score (nSPS) is 15.3. The number of carbonyl (C=O) groups excluding carboxylic acids is 2. The number of benzene rings is 1. The van der Waals surface area contributed by atoms with Crippen molar-refractivity contribution in [3.63, 3.8) is 0 Å². The minimum atomic E-state index is -1.10. The van der Waals surface area contributed by atoms with Crippen LogP contribution in [0, 0.1) is 12.3 Å². The van der Waals surface area contributed by atoms with Gasteiger partial charge in [0.25, 0.3) is 0 Å². The highest BCUT2D eigenvalue weighted by Crippen LogP contribution is 2.38. The number of carbonyl (C=O) groups is 2. The lowest BCUT2D eigenvalue weighted by Crippen LogP contribution is -2.47. The van der Waals surface area contributed by atoms with Gasteiger partial charge in [0.15, 0.2) is 0 Å². The van der Waals surface area contributed by atoms with Gasteiger partial charge in [0.05, 0.1) is 22.8 Å². The third-order valence-corrected chi connectivity index (χ3v) is 7.27. The van der Waals surface area contributed by atoms with Crippen molar-refractivity contribution in [3.8, 4) is 0 Å². The van der Waals surface area contributed by atoms with E-state index in [4.69, 9.17) is 0 Å². The molecule has 0 radical (unpaired) electrons. The lowest BCUT2D eigenvalue weighted by atomic mass is 9.90. The Balaban J connectivity index is 1.55. The first-order chi connectivity index (χ1) is 17.6. The van der Waals surface area contributed by atoms with Gasteiger partial charge in [-0.05, 0) is 75.9 Å². The highest BCUT2D eigenvalue weighted by Gasteiger charge is 2.45. The van der Waals surface area contributed by atoms with E-state index in [2.05, 4.69) is 39.2 Å². The third-order valence-electron chi connectivity index (χ3n) is 7.27. The Morgan fingerprint density at radius 2 is 1.68 bits per heavy atom. The second-order valence-corrected chi connectivity index (χ2v) is 10.4. The van der Waals surface area contributed by atoms with Crippen LogP contribution in [0.2, 0.25) is 0 Å². The van der Waals surface area contributed by atoms with Gasteiger partial charge in [-0.2, -0.15) is 5.10 Å². The molecule has 2 amide bonds. The van der Waals surface area contributed by atoms with Crippen LogP contribution in [0.4, 0.5) is 11.4 Å². The number of amides is 2. The lowest BCUT2D eigenvalue weighted by Gasteiger charge is -2.27. The summed E-state index contributed by atoms with van der Waals surface area (Å²) in [6.45, 7) is 10.4. The summed E-state index contributed by atoms with van der Waals surface area (Å²) in [5.41, 5.74) is 5.01. The van der Waals surface area contributed by atoms with Gasteiger partial charge in [0, 0.05) is 52.7 Å². The fourth-order valence-electron chi connectivity index (χ4n) is 5.03. The summed E-state index contributed by atoms with van der Waals surface area (Å²) < 4.78 is 1.95. The van der Waals surface area contributed by atoms with E-state index in [9.17, 15) is 9.59 Å². The number of pyridine rings is 1. The van der Waals surface area contributed by atoms with Crippen LogP contribution in [-0.2, 0) is 36.0 Å². The van der Waals surface area contributed by atoms with Crippen LogP contribution in [-0.4, -0.2) is 58.2 Å². The predicted octanol–water partition coefficient (Wildman–Crippen LogP) is 3.77. The molecule has 0 bridgehead atoms. The van der Waals surface area contributed by atoms with E-state index in [1.54, 1.807) is 36.9 Å². The Hall–Kier alpha value is -3.52.